The first-order chi connectivity index (χ1) is 12.1. The summed E-state index contributed by atoms with van der Waals surface area (Å²) in [4.78, 5) is 23.6. The number of methoxy groups -OCH3 is 1. The molecule has 2 aromatic carbocycles. The summed E-state index contributed by atoms with van der Waals surface area (Å²) in [5, 5.41) is 6.57. The fourth-order valence-corrected chi connectivity index (χ4v) is 2.37. The summed E-state index contributed by atoms with van der Waals surface area (Å²) in [6, 6.07) is 14.3. The van der Waals surface area contributed by atoms with E-state index in [1.807, 2.05) is 24.3 Å². The molecule has 0 bridgehead atoms. The van der Waals surface area contributed by atoms with Crippen molar-refractivity contribution in [2.45, 2.75) is 6.42 Å². The molecule has 2 amide bonds. The number of hydrazone groups is 1. The molecular weight excluding hydrogens is 386 g/mol. The Balaban J connectivity index is 1.71. The van der Waals surface area contributed by atoms with Crippen molar-refractivity contribution in [3.8, 4) is 5.75 Å². The van der Waals surface area contributed by atoms with Gasteiger partial charge >= 0.3 is 0 Å². The third kappa shape index (κ3) is 6.39. The largest absolute Gasteiger partial charge is 0.497 e. The summed E-state index contributed by atoms with van der Waals surface area (Å²) in [6.07, 6.45) is 1.69. The van der Waals surface area contributed by atoms with E-state index in [1.54, 1.807) is 37.6 Å². The van der Waals surface area contributed by atoms with Gasteiger partial charge in [0.1, 0.15) is 5.75 Å². The molecule has 2 N–H and O–H groups in total. The minimum atomic E-state index is -0.277. The Morgan fingerprint density at radius 1 is 1.20 bits per heavy atom. The molecule has 0 unspecified atom stereocenters. The van der Waals surface area contributed by atoms with E-state index in [4.69, 9.17) is 4.74 Å². The SMILES string of the molecule is COc1ccc(C(=O)NCCC(=O)NN=Cc2cccc(Br)c2)cc1. The van der Waals surface area contributed by atoms with Crippen molar-refractivity contribution in [1.82, 2.24) is 10.7 Å². The van der Waals surface area contributed by atoms with Crippen LogP contribution in [0.5, 0.6) is 5.75 Å². The Bertz CT molecular complexity index is 760. The minimum Gasteiger partial charge on any atom is -0.497 e. The number of nitrogens with one attached hydrogen (secondary N) is 2. The second-order valence-electron chi connectivity index (χ2n) is 5.08. The number of halogens is 1. The quantitative estimate of drug-likeness (QED) is 0.550. The van der Waals surface area contributed by atoms with Gasteiger partial charge in [-0.1, -0.05) is 28.1 Å². The predicted molar refractivity (Wildman–Crippen MR) is 99.8 cm³/mol. The molecule has 0 heterocycles. The molecule has 2 rings (SSSR count). The normalized spacial score (nSPS) is 10.5. The summed E-state index contributed by atoms with van der Waals surface area (Å²) in [5.74, 6) is 0.161. The van der Waals surface area contributed by atoms with Gasteiger partial charge in [0.2, 0.25) is 5.91 Å². The van der Waals surface area contributed by atoms with Gasteiger partial charge in [-0.05, 0) is 42.0 Å². The lowest BCUT2D eigenvalue weighted by atomic mass is 10.2. The van der Waals surface area contributed by atoms with Crippen molar-refractivity contribution in [2.24, 2.45) is 5.10 Å². The fourth-order valence-electron chi connectivity index (χ4n) is 1.96. The van der Waals surface area contributed by atoms with E-state index in [-0.39, 0.29) is 24.8 Å². The van der Waals surface area contributed by atoms with Gasteiger partial charge in [0.25, 0.3) is 5.91 Å². The van der Waals surface area contributed by atoms with Crippen LogP contribution >= 0.6 is 15.9 Å². The van der Waals surface area contributed by atoms with Gasteiger partial charge in [0.05, 0.1) is 13.3 Å². The first-order valence-corrected chi connectivity index (χ1v) is 8.37. The third-order valence-corrected chi connectivity index (χ3v) is 3.73. The van der Waals surface area contributed by atoms with Crippen LogP contribution in [0.1, 0.15) is 22.3 Å². The maximum Gasteiger partial charge on any atom is 0.251 e. The average Bonchev–Trinajstić information content (AvgIpc) is 2.62. The molecule has 0 fully saturated rings. The molecule has 0 aliphatic carbocycles. The van der Waals surface area contributed by atoms with Crippen molar-refractivity contribution in [1.29, 1.82) is 0 Å². The monoisotopic (exact) mass is 403 g/mol. The molecule has 130 valence electrons. The molecule has 2 aromatic rings. The zero-order chi connectivity index (χ0) is 18.1. The van der Waals surface area contributed by atoms with Crippen molar-refractivity contribution in [3.63, 3.8) is 0 Å². The van der Waals surface area contributed by atoms with Crippen LogP contribution in [-0.4, -0.2) is 31.7 Å². The van der Waals surface area contributed by atoms with Crippen LogP contribution in [0.3, 0.4) is 0 Å². The number of benzene rings is 2. The molecule has 7 heteroatoms. The van der Waals surface area contributed by atoms with Crippen LogP contribution < -0.4 is 15.5 Å². The maximum atomic E-state index is 11.9. The lowest BCUT2D eigenvalue weighted by molar-refractivity contribution is -0.120. The number of rotatable bonds is 7. The Kier molecular flexibility index (Phi) is 7.16. The highest BCUT2D eigenvalue weighted by molar-refractivity contribution is 9.10. The van der Waals surface area contributed by atoms with Crippen LogP contribution in [0.25, 0.3) is 0 Å². The Hall–Kier alpha value is -2.67. The molecule has 0 saturated carbocycles. The average molecular weight is 404 g/mol. The van der Waals surface area contributed by atoms with E-state index in [2.05, 4.69) is 31.8 Å². The zero-order valence-electron chi connectivity index (χ0n) is 13.7. The Morgan fingerprint density at radius 2 is 1.96 bits per heavy atom. The molecule has 6 nitrogen and oxygen atoms in total. The zero-order valence-corrected chi connectivity index (χ0v) is 15.2. The molecule has 0 aliphatic heterocycles. The van der Waals surface area contributed by atoms with Gasteiger partial charge < -0.3 is 10.1 Å². The standard InChI is InChI=1S/C18H18BrN3O3/c1-25-16-7-5-14(6-8-16)18(24)20-10-9-17(23)22-21-12-13-3-2-4-15(19)11-13/h2-8,11-12H,9-10H2,1H3,(H,20,24)(H,22,23). The summed E-state index contributed by atoms with van der Waals surface area (Å²) >= 11 is 3.36. The van der Waals surface area contributed by atoms with Gasteiger partial charge in [-0.25, -0.2) is 5.43 Å². The predicted octanol–water partition coefficient (Wildman–Crippen LogP) is 2.73. The van der Waals surface area contributed by atoms with Crippen LogP contribution in [0.15, 0.2) is 58.1 Å². The number of amides is 2. The first kappa shape index (κ1) is 18.7. The molecule has 0 radical (unpaired) electrons. The van der Waals surface area contributed by atoms with E-state index >= 15 is 0 Å². The van der Waals surface area contributed by atoms with Gasteiger partial charge in [-0.15, -0.1) is 0 Å². The number of nitrogens with zero attached hydrogens (tertiary/aromatic N) is 1. The highest BCUT2D eigenvalue weighted by Crippen LogP contribution is 2.11. The summed E-state index contributed by atoms with van der Waals surface area (Å²) in [7, 11) is 1.56. The van der Waals surface area contributed by atoms with Crippen LogP contribution in [0, 0.1) is 0 Å². The van der Waals surface area contributed by atoms with E-state index in [0.717, 1.165) is 10.0 Å². The fraction of sp³-hybridized carbons (Fsp3) is 0.167. The van der Waals surface area contributed by atoms with E-state index in [0.29, 0.717) is 11.3 Å². The van der Waals surface area contributed by atoms with Crippen LogP contribution in [-0.2, 0) is 4.79 Å². The van der Waals surface area contributed by atoms with Crippen LogP contribution in [0.4, 0.5) is 0 Å². The van der Waals surface area contributed by atoms with Crippen molar-refractivity contribution in [3.05, 3.63) is 64.1 Å². The molecule has 25 heavy (non-hydrogen) atoms. The lowest BCUT2D eigenvalue weighted by Crippen LogP contribution is -2.29. The second-order valence-corrected chi connectivity index (χ2v) is 6.00. The number of ether oxygens (including phenoxy) is 1. The second kappa shape index (κ2) is 9.58. The molecule has 0 saturated heterocycles. The summed E-state index contributed by atoms with van der Waals surface area (Å²) < 4.78 is 5.97. The lowest BCUT2D eigenvalue weighted by Gasteiger charge is -2.05. The maximum absolute atomic E-state index is 11.9. The number of hydrogen-bond acceptors (Lipinski definition) is 4. The molecule has 0 aromatic heterocycles. The van der Waals surface area contributed by atoms with Crippen molar-refractivity contribution < 1.29 is 14.3 Å². The van der Waals surface area contributed by atoms with E-state index in [1.165, 1.54) is 0 Å². The summed E-state index contributed by atoms with van der Waals surface area (Å²) in [6.45, 7) is 0.225. The number of hydrogen-bond donors (Lipinski definition) is 2. The Labute approximate surface area is 154 Å². The number of carbonyl (C=O) groups excluding carboxylic acids is 2. The van der Waals surface area contributed by atoms with E-state index in [9.17, 15) is 9.59 Å². The third-order valence-electron chi connectivity index (χ3n) is 3.24. The van der Waals surface area contributed by atoms with Gasteiger partial charge in [-0.2, -0.15) is 5.10 Å². The minimum absolute atomic E-state index is 0.137. The molecular formula is C18H18BrN3O3. The van der Waals surface area contributed by atoms with Gasteiger partial charge in [-0.3, -0.25) is 9.59 Å². The number of carbonyl (C=O) groups is 2. The highest BCUT2D eigenvalue weighted by Gasteiger charge is 2.06. The van der Waals surface area contributed by atoms with Crippen molar-refractivity contribution in [2.75, 3.05) is 13.7 Å². The Morgan fingerprint density at radius 3 is 2.64 bits per heavy atom. The van der Waals surface area contributed by atoms with E-state index < -0.39 is 0 Å². The van der Waals surface area contributed by atoms with Gasteiger partial charge in [0, 0.05) is 23.0 Å². The van der Waals surface area contributed by atoms with Crippen LogP contribution in [0.2, 0.25) is 0 Å². The van der Waals surface area contributed by atoms with Gasteiger partial charge in [0.15, 0.2) is 0 Å². The first-order valence-electron chi connectivity index (χ1n) is 7.58. The summed E-state index contributed by atoms with van der Waals surface area (Å²) in [5.41, 5.74) is 3.80. The smallest absolute Gasteiger partial charge is 0.251 e. The van der Waals surface area contributed by atoms with Crippen molar-refractivity contribution >= 4 is 34.0 Å². The topological polar surface area (TPSA) is 79.8 Å². The molecule has 0 spiro atoms. The molecule has 0 aliphatic rings. The molecule has 0 atom stereocenters. The highest BCUT2D eigenvalue weighted by atomic mass is 79.9.